The molecule has 1 atom stereocenters. The largest absolute Gasteiger partial charge is 0.458 e. The Morgan fingerprint density at radius 1 is 1.29 bits per heavy atom. The summed E-state index contributed by atoms with van der Waals surface area (Å²) in [5, 5.41) is 0.365. The van der Waals surface area contributed by atoms with Crippen molar-refractivity contribution in [1.82, 2.24) is 4.98 Å². The summed E-state index contributed by atoms with van der Waals surface area (Å²) in [6.07, 6.45) is 0.448. The number of ether oxygens (including phenoxy) is 2. The minimum Gasteiger partial charge on any atom is -0.458 e. The number of hydrogen-bond acceptors (Lipinski definition) is 8. The molecular formula is C19H27NO6S2. The Morgan fingerprint density at radius 2 is 2.04 bits per heavy atom. The number of unbranched alkanes of at least 4 members (excludes halogenated alkanes) is 1. The number of carbonyl (C=O) groups is 1. The maximum absolute atomic E-state index is 12.2. The fourth-order valence-electron chi connectivity index (χ4n) is 2.40. The molecule has 1 unspecified atom stereocenters. The molecule has 0 aliphatic heterocycles. The van der Waals surface area contributed by atoms with Crippen LogP contribution in [0, 0.1) is 0 Å². The van der Waals surface area contributed by atoms with Crippen molar-refractivity contribution in [3.05, 3.63) is 24.3 Å². The van der Waals surface area contributed by atoms with Crippen LogP contribution in [-0.4, -0.2) is 55.4 Å². The maximum atomic E-state index is 12.2. The first kappa shape index (κ1) is 22.7. The van der Waals surface area contributed by atoms with E-state index in [4.69, 9.17) is 13.9 Å². The zero-order valence-corrected chi connectivity index (χ0v) is 18.1. The summed E-state index contributed by atoms with van der Waals surface area (Å²) in [5.41, 5.74) is 1.35. The smallest absolute Gasteiger partial charge is 0.316 e. The second-order valence-electron chi connectivity index (χ2n) is 6.70. The lowest BCUT2D eigenvalue weighted by Gasteiger charge is -2.19. The number of sulfone groups is 1. The van der Waals surface area contributed by atoms with E-state index in [1.165, 1.54) is 0 Å². The van der Waals surface area contributed by atoms with Crippen LogP contribution in [0.1, 0.15) is 33.6 Å². The first-order chi connectivity index (χ1) is 13.3. The van der Waals surface area contributed by atoms with Crippen molar-refractivity contribution in [2.45, 2.75) is 51.0 Å². The summed E-state index contributed by atoms with van der Waals surface area (Å²) in [5.74, 6) is -0.717. The molecule has 0 aliphatic carbocycles. The summed E-state index contributed by atoms with van der Waals surface area (Å²) in [7, 11) is -3.32. The first-order valence-corrected chi connectivity index (χ1v) is 12.1. The summed E-state index contributed by atoms with van der Waals surface area (Å²) in [4.78, 5) is 16.5. The Bertz CT molecular complexity index is 829. The monoisotopic (exact) mass is 429 g/mol. The molecule has 0 N–H and O–H groups in total. The van der Waals surface area contributed by atoms with E-state index >= 15 is 0 Å². The van der Waals surface area contributed by atoms with E-state index in [2.05, 4.69) is 4.98 Å². The lowest BCUT2D eigenvalue weighted by Crippen LogP contribution is -2.33. The highest BCUT2D eigenvalue weighted by atomic mass is 32.2. The molecule has 28 heavy (non-hydrogen) atoms. The third kappa shape index (κ3) is 7.81. The molecule has 1 aromatic carbocycles. The number of rotatable bonds is 12. The predicted octanol–water partition coefficient (Wildman–Crippen LogP) is 3.47. The van der Waals surface area contributed by atoms with Gasteiger partial charge >= 0.3 is 5.97 Å². The first-order valence-electron chi connectivity index (χ1n) is 9.29. The molecule has 2 aromatic rings. The molecule has 1 aromatic heterocycles. The minimum absolute atomic E-state index is 0.0278. The Hall–Kier alpha value is -1.58. The zero-order valence-electron chi connectivity index (χ0n) is 16.4. The number of oxazole rings is 1. The average Bonchev–Trinajstić information content (AvgIpc) is 3.05. The van der Waals surface area contributed by atoms with E-state index in [-0.39, 0.29) is 30.0 Å². The second kappa shape index (κ2) is 10.8. The van der Waals surface area contributed by atoms with Crippen LogP contribution >= 0.6 is 11.8 Å². The Morgan fingerprint density at radius 3 is 2.71 bits per heavy atom. The van der Waals surface area contributed by atoms with Gasteiger partial charge in [0.05, 0.1) is 24.2 Å². The second-order valence-corrected chi connectivity index (χ2v) is 9.85. The van der Waals surface area contributed by atoms with Crippen molar-refractivity contribution < 1.29 is 27.1 Å². The number of hydrogen-bond donors (Lipinski definition) is 0. The van der Waals surface area contributed by atoms with E-state index < -0.39 is 21.9 Å². The van der Waals surface area contributed by atoms with Crippen LogP contribution in [0.2, 0.25) is 0 Å². The van der Waals surface area contributed by atoms with Crippen LogP contribution in [0.4, 0.5) is 0 Å². The normalized spacial score (nSPS) is 13.1. The number of para-hydroxylation sites is 2. The van der Waals surface area contributed by atoms with Gasteiger partial charge in [0.2, 0.25) is 0 Å². The van der Waals surface area contributed by atoms with Gasteiger partial charge in [0, 0.05) is 0 Å². The molecule has 0 spiro atoms. The van der Waals surface area contributed by atoms with Crippen molar-refractivity contribution in [1.29, 1.82) is 0 Å². The van der Waals surface area contributed by atoms with Crippen LogP contribution in [0.15, 0.2) is 33.9 Å². The minimum atomic E-state index is -3.32. The molecule has 7 nitrogen and oxygen atoms in total. The van der Waals surface area contributed by atoms with Crippen molar-refractivity contribution in [2.24, 2.45) is 0 Å². The lowest BCUT2D eigenvalue weighted by molar-refractivity contribution is -0.148. The fourth-order valence-corrected chi connectivity index (χ4v) is 4.65. The molecule has 2 rings (SSSR count). The lowest BCUT2D eigenvalue weighted by atomic mass is 10.3. The van der Waals surface area contributed by atoms with Crippen LogP contribution in [0.25, 0.3) is 11.1 Å². The van der Waals surface area contributed by atoms with Gasteiger partial charge in [-0.1, -0.05) is 37.2 Å². The van der Waals surface area contributed by atoms with Gasteiger partial charge in [-0.05, 0) is 32.4 Å². The summed E-state index contributed by atoms with van der Waals surface area (Å²) in [6.45, 7) is 5.65. The molecule has 0 radical (unpaired) electrons. The van der Waals surface area contributed by atoms with Crippen LogP contribution < -0.4 is 0 Å². The number of thioether (sulfide) groups is 1. The highest BCUT2D eigenvalue weighted by Gasteiger charge is 2.23. The van der Waals surface area contributed by atoms with Crippen LogP contribution in [-0.2, 0) is 24.1 Å². The molecule has 0 bridgehead atoms. The summed E-state index contributed by atoms with van der Waals surface area (Å²) >= 11 is 1.11. The van der Waals surface area contributed by atoms with E-state index in [1.807, 2.05) is 39.0 Å². The zero-order chi connectivity index (χ0) is 20.6. The number of esters is 1. The Balaban J connectivity index is 1.92. The highest BCUT2D eigenvalue weighted by Crippen LogP contribution is 2.23. The molecule has 0 aliphatic rings. The highest BCUT2D eigenvalue weighted by molar-refractivity contribution is 7.99. The SMILES string of the molecule is CCCCS(=O)(=O)CC(COC(C)C)OC(=O)CSc1nc2ccccc2o1. The predicted molar refractivity (Wildman–Crippen MR) is 109 cm³/mol. The third-order valence-electron chi connectivity index (χ3n) is 3.75. The molecule has 0 saturated heterocycles. The van der Waals surface area contributed by atoms with Gasteiger partial charge in [0.25, 0.3) is 5.22 Å². The van der Waals surface area contributed by atoms with Gasteiger partial charge in [-0.2, -0.15) is 0 Å². The van der Waals surface area contributed by atoms with Gasteiger partial charge in [0.15, 0.2) is 15.4 Å². The molecule has 156 valence electrons. The van der Waals surface area contributed by atoms with Gasteiger partial charge in [-0.25, -0.2) is 13.4 Å². The summed E-state index contributed by atoms with van der Waals surface area (Å²) < 4.78 is 40.9. The number of nitrogens with zero attached hydrogens (tertiary/aromatic N) is 1. The molecule has 0 amide bonds. The Kier molecular flexibility index (Phi) is 8.78. The van der Waals surface area contributed by atoms with E-state index in [9.17, 15) is 13.2 Å². The molecule has 1 heterocycles. The van der Waals surface area contributed by atoms with Gasteiger partial charge in [-0.3, -0.25) is 4.79 Å². The topological polar surface area (TPSA) is 95.7 Å². The standard InChI is InChI=1S/C19H27NO6S2/c1-4-5-10-28(22,23)13-15(11-24-14(2)3)25-18(21)12-27-19-20-16-8-6-7-9-17(16)26-19/h6-9,14-15H,4-5,10-13H2,1-3H3. The summed E-state index contributed by atoms with van der Waals surface area (Å²) in [6, 6.07) is 7.31. The van der Waals surface area contributed by atoms with E-state index in [1.54, 1.807) is 6.07 Å². The van der Waals surface area contributed by atoms with E-state index in [0.717, 1.165) is 18.2 Å². The number of carbonyl (C=O) groups excluding carboxylic acids is 1. The molecular weight excluding hydrogens is 402 g/mol. The number of fused-ring (bicyclic) bond motifs is 1. The maximum Gasteiger partial charge on any atom is 0.316 e. The van der Waals surface area contributed by atoms with Crippen LogP contribution in [0.5, 0.6) is 0 Å². The number of benzene rings is 1. The third-order valence-corrected chi connectivity index (χ3v) is 6.34. The van der Waals surface area contributed by atoms with Gasteiger partial charge < -0.3 is 13.9 Å². The molecule has 0 fully saturated rings. The molecule has 0 saturated carbocycles. The van der Waals surface area contributed by atoms with Gasteiger partial charge in [0.1, 0.15) is 17.4 Å². The van der Waals surface area contributed by atoms with Gasteiger partial charge in [-0.15, -0.1) is 0 Å². The fraction of sp³-hybridized carbons (Fsp3) is 0.579. The molecule has 9 heteroatoms. The quantitative estimate of drug-likeness (QED) is 0.374. The Labute approximate surface area is 170 Å². The van der Waals surface area contributed by atoms with Crippen molar-refractivity contribution in [2.75, 3.05) is 23.9 Å². The van der Waals surface area contributed by atoms with Crippen molar-refractivity contribution in [3.8, 4) is 0 Å². The van der Waals surface area contributed by atoms with Crippen LogP contribution in [0.3, 0.4) is 0 Å². The van der Waals surface area contributed by atoms with Crippen molar-refractivity contribution >= 4 is 38.7 Å². The average molecular weight is 430 g/mol. The van der Waals surface area contributed by atoms with E-state index in [0.29, 0.717) is 22.7 Å². The van der Waals surface area contributed by atoms with Crippen molar-refractivity contribution in [3.63, 3.8) is 0 Å². The number of aromatic nitrogens is 1.